The molecule has 3 rings (SSSR count). The van der Waals surface area contributed by atoms with Crippen molar-refractivity contribution >= 4 is 27.6 Å². The maximum Gasteiger partial charge on any atom is 0.303 e. The van der Waals surface area contributed by atoms with Gasteiger partial charge in [0.15, 0.2) is 0 Å². The number of hydrogen-bond donors (Lipinski definition) is 3. The first-order chi connectivity index (χ1) is 15.7. The van der Waals surface area contributed by atoms with Crippen molar-refractivity contribution in [2.75, 3.05) is 10.5 Å². The Morgan fingerprint density at radius 2 is 1.76 bits per heavy atom. The average molecular weight is 469 g/mol. The van der Waals surface area contributed by atoms with Crippen molar-refractivity contribution in [3.05, 3.63) is 65.4 Å². The summed E-state index contributed by atoms with van der Waals surface area (Å²) in [4.78, 5) is 19.6. The molecule has 0 spiro atoms. The number of nitrogens with one attached hydrogen (secondary N) is 1. The molecule has 0 bridgehead atoms. The van der Waals surface area contributed by atoms with Crippen molar-refractivity contribution < 1.29 is 18.3 Å². The van der Waals surface area contributed by atoms with Gasteiger partial charge in [0.1, 0.15) is 0 Å². The standard InChI is InChI=1S/C24H28N4O4S/c1-16-8-6-9-17(2)22(16)23-18(10-4-3-5-13-21(29)30)15-26-24(27-23)28-33(31,32)20-12-7-11-19(25)14-20/h6-9,11-12,14-15H,3-5,10,13,25H2,1-2H3,(H,29,30)(H,26,27,28). The Morgan fingerprint density at radius 3 is 2.42 bits per heavy atom. The number of nitrogens with two attached hydrogens (primary N) is 1. The van der Waals surface area contributed by atoms with E-state index < -0.39 is 16.0 Å². The highest BCUT2D eigenvalue weighted by atomic mass is 32.2. The topological polar surface area (TPSA) is 135 Å². The van der Waals surface area contributed by atoms with Crippen LogP contribution < -0.4 is 10.5 Å². The zero-order valence-electron chi connectivity index (χ0n) is 18.7. The van der Waals surface area contributed by atoms with E-state index in [2.05, 4.69) is 14.7 Å². The van der Waals surface area contributed by atoms with E-state index in [1.54, 1.807) is 18.3 Å². The van der Waals surface area contributed by atoms with E-state index in [0.717, 1.165) is 35.1 Å². The number of nitrogens with zero attached hydrogens (tertiary/aromatic N) is 2. The summed E-state index contributed by atoms with van der Waals surface area (Å²) in [5, 5.41) is 8.82. The Labute approximate surface area is 194 Å². The summed E-state index contributed by atoms with van der Waals surface area (Å²) in [6, 6.07) is 11.9. The van der Waals surface area contributed by atoms with E-state index in [4.69, 9.17) is 10.8 Å². The number of unbranched alkanes of at least 4 members (excludes halogenated alkanes) is 2. The van der Waals surface area contributed by atoms with Gasteiger partial charge in [-0.1, -0.05) is 30.7 Å². The molecule has 0 fully saturated rings. The van der Waals surface area contributed by atoms with Crippen molar-refractivity contribution in [2.24, 2.45) is 0 Å². The van der Waals surface area contributed by atoms with Gasteiger partial charge in [0.25, 0.3) is 10.0 Å². The van der Waals surface area contributed by atoms with Gasteiger partial charge in [-0.25, -0.2) is 23.1 Å². The summed E-state index contributed by atoms with van der Waals surface area (Å²) in [5.74, 6) is -0.823. The van der Waals surface area contributed by atoms with Crippen LogP contribution in [0.15, 0.2) is 53.6 Å². The Morgan fingerprint density at radius 1 is 1.06 bits per heavy atom. The fourth-order valence-corrected chi connectivity index (χ4v) is 4.68. The highest BCUT2D eigenvalue weighted by Gasteiger charge is 2.19. The molecule has 9 heteroatoms. The van der Waals surface area contributed by atoms with Crippen LogP contribution in [-0.2, 0) is 21.2 Å². The van der Waals surface area contributed by atoms with Crippen LogP contribution in [0, 0.1) is 13.8 Å². The number of rotatable bonds is 10. The molecular formula is C24H28N4O4S. The Kier molecular flexibility index (Phi) is 7.65. The van der Waals surface area contributed by atoms with E-state index >= 15 is 0 Å². The number of carbonyl (C=O) groups is 1. The molecular weight excluding hydrogens is 440 g/mol. The van der Waals surface area contributed by atoms with Crippen LogP contribution in [0.1, 0.15) is 42.4 Å². The minimum atomic E-state index is -3.91. The molecule has 3 aromatic rings. The van der Waals surface area contributed by atoms with Crippen molar-refractivity contribution in [1.29, 1.82) is 0 Å². The highest BCUT2D eigenvalue weighted by molar-refractivity contribution is 7.92. The zero-order chi connectivity index (χ0) is 24.0. The number of hydrogen-bond acceptors (Lipinski definition) is 6. The number of sulfonamides is 1. The Hall–Kier alpha value is -3.46. The van der Waals surface area contributed by atoms with Crippen LogP contribution in [-0.4, -0.2) is 29.5 Å². The lowest BCUT2D eigenvalue weighted by atomic mass is 9.95. The lowest BCUT2D eigenvalue weighted by Crippen LogP contribution is -2.16. The molecule has 33 heavy (non-hydrogen) atoms. The second-order valence-electron chi connectivity index (χ2n) is 7.97. The number of aromatic nitrogens is 2. The number of anilines is 2. The quantitative estimate of drug-likeness (QED) is 0.298. The number of benzene rings is 2. The summed E-state index contributed by atoms with van der Waals surface area (Å²) < 4.78 is 28.1. The van der Waals surface area contributed by atoms with Gasteiger partial charge in [0.05, 0.1) is 10.6 Å². The monoisotopic (exact) mass is 468 g/mol. The van der Waals surface area contributed by atoms with Gasteiger partial charge in [0, 0.05) is 23.9 Å². The average Bonchev–Trinajstić information content (AvgIpc) is 2.74. The number of carboxylic acid groups (broad SMARTS) is 1. The second-order valence-corrected chi connectivity index (χ2v) is 9.65. The normalized spacial score (nSPS) is 11.3. The molecule has 0 aliphatic heterocycles. The lowest BCUT2D eigenvalue weighted by Gasteiger charge is -2.15. The van der Waals surface area contributed by atoms with Crippen molar-refractivity contribution in [2.45, 2.75) is 50.8 Å². The number of nitrogen functional groups attached to an aromatic ring is 1. The molecule has 4 N–H and O–H groups in total. The number of aryl methyl sites for hydroxylation is 3. The van der Waals surface area contributed by atoms with Gasteiger partial charge in [0.2, 0.25) is 5.95 Å². The molecule has 174 valence electrons. The maximum absolute atomic E-state index is 12.8. The summed E-state index contributed by atoms with van der Waals surface area (Å²) in [7, 11) is -3.91. The van der Waals surface area contributed by atoms with Crippen LogP contribution >= 0.6 is 0 Å². The Bertz CT molecular complexity index is 1240. The van der Waals surface area contributed by atoms with Crippen molar-refractivity contribution in [1.82, 2.24) is 9.97 Å². The first-order valence-electron chi connectivity index (χ1n) is 10.7. The van der Waals surface area contributed by atoms with E-state index in [1.807, 2.05) is 32.0 Å². The van der Waals surface area contributed by atoms with Gasteiger partial charge in [-0.15, -0.1) is 0 Å². The molecule has 0 radical (unpaired) electrons. The van der Waals surface area contributed by atoms with Crippen molar-refractivity contribution in [3.8, 4) is 11.3 Å². The molecule has 1 aromatic heterocycles. The van der Waals surface area contributed by atoms with Gasteiger partial charge < -0.3 is 10.8 Å². The minimum absolute atomic E-state index is 0.0234. The maximum atomic E-state index is 12.8. The molecule has 0 amide bonds. The molecule has 0 atom stereocenters. The third kappa shape index (κ3) is 6.29. The predicted octanol–water partition coefficient (Wildman–Crippen LogP) is 4.33. The van der Waals surface area contributed by atoms with Gasteiger partial charge in [-0.2, -0.15) is 0 Å². The van der Waals surface area contributed by atoms with Gasteiger partial charge in [-0.3, -0.25) is 4.79 Å². The fraction of sp³-hybridized carbons (Fsp3) is 0.292. The number of carboxylic acids is 1. The van der Waals surface area contributed by atoms with Crippen LogP contribution in [0.3, 0.4) is 0 Å². The van der Waals surface area contributed by atoms with Crippen LogP contribution in [0.2, 0.25) is 0 Å². The van der Waals surface area contributed by atoms with Crippen LogP contribution in [0.25, 0.3) is 11.3 Å². The number of aliphatic carboxylic acids is 1. The second kappa shape index (κ2) is 10.4. The first-order valence-corrected chi connectivity index (χ1v) is 12.2. The molecule has 2 aromatic carbocycles. The summed E-state index contributed by atoms with van der Waals surface area (Å²) in [6.45, 7) is 3.97. The van der Waals surface area contributed by atoms with Gasteiger partial charge in [-0.05, 0) is 68.0 Å². The highest BCUT2D eigenvalue weighted by Crippen LogP contribution is 2.30. The van der Waals surface area contributed by atoms with E-state index in [9.17, 15) is 13.2 Å². The zero-order valence-corrected chi connectivity index (χ0v) is 19.5. The largest absolute Gasteiger partial charge is 0.481 e. The summed E-state index contributed by atoms with van der Waals surface area (Å²) in [6.07, 6.45) is 4.59. The molecule has 0 saturated heterocycles. The summed E-state index contributed by atoms with van der Waals surface area (Å²) in [5.41, 5.74) is 10.6. The van der Waals surface area contributed by atoms with Crippen molar-refractivity contribution in [3.63, 3.8) is 0 Å². The van der Waals surface area contributed by atoms with E-state index in [1.165, 1.54) is 12.1 Å². The molecule has 8 nitrogen and oxygen atoms in total. The fourth-order valence-electron chi connectivity index (χ4n) is 3.67. The Balaban J connectivity index is 1.93. The minimum Gasteiger partial charge on any atom is -0.481 e. The molecule has 0 saturated carbocycles. The predicted molar refractivity (Wildman–Crippen MR) is 128 cm³/mol. The smallest absolute Gasteiger partial charge is 0.303 e. The third-order valence-electron chi connectivity index (χ3n) is 5.31. The molecule has 0 aliphatic carbocycles. The van der Waals surface area contributed by atoms with E-state index in [-0.39, 0.29) is 17.3 Å². The molecule has 1 heterocycles. The van der Waals surface area contributed by atoms with Crippen LogP contribution in [0.4, 0.5) is 11.6 Å². The SMILES string of the molecule is Cc1cccc(C)c1-c1nc(NS(=O)(=O)c2cccc(N)c2)ncc1CCCCCC(=O)O. The third-order valence-corrected chi connectivity index (χ3v) is 6.64. The first kappa shape index (κ1) is 24.2. The van der Waals surface area contributed by atoms with Crippen LogP contribution in [0.5, 0.6) is 0 Å². The lowest BCUT2D eigenvalue weighted by molar-refractivity contribution is -0.137. The van der Waals surface area contributed by atoms with E-state index in [0.29, 0.717) is 24.2 Å². The van der Waals surface area contributed by atoms with Gasteiger partial charge >= 0.3 is 5.97 Å². The molecule has 0 aliphatic rings. The summed E-state index contributed by atoms with van der Waals surface area (Å²) >= 11 is 0. The molecule has 0 unspecified atom stereocenters.